The predicted molar refractivity (Wildman–Crippen MR) is 90.0 cm³/mol. The van der Waals surface area contributed by atoms with Crippen molar-refractivity contribution < 1.29 is 4.74 Å². The fourth-order valence-corrected chi connectivity index (χ4v) is 3.42. The van der Waals surface area contributed by atoms with Crippen molar-refractivity contribution in [3.63, 3.8) is 0 Å². The standard InChI is InChI=1S/C15H15BrClNOS/c1-19-15-12(7-10(17)8-13(15)16)14(18)9-3-5-11(20-2)6-4-9/h3-8,14H,18H2,1-2H3. The highest BCUT2D eigenvalue weighted by atomic mass is 79.9. The highest BCUT2D eigenvalue weighted by molar-refractivity contribution is 9.10. The van der Waals surface area contributed by atoms with Crippen LogP contribution in [0.3, 0.4) is 0 Å². The van der Waals surface area contributed by atoms with Crippen molar-refractivity contribution in [3.8, 4) is 5.75 Å². The van der Waals surface area contributed by atoms with E-state index in [1.807, 2.05) is 24.5 Å². The molecule has 0 amide bonds. The van der Waals surface area contributed by atoms with Crippen LogP contribution in [0.1, 0.15) is 17.2 Å². The van der Waals surface area contributed by atoms with E-state index in [9.17, 15) is 0 Å². The van der Waals surface area contributed by atoms with Gasteiger partial charge in [-0.25, -0.2) is 0 Å². The van der Waals surface area contributed by atoms with Crippen LogP contribution in [0.2, 0.25) is 5.02 Å². The van der Waals surface area contributed by atoms with Gasteiger partial charge in [0.1, 0.15) is 5.75 Å². The normalized spacial score (nSPS) is 12.2. The van der Waals surface area contributed by atoms with Crippen LogP contribution < -0.4 is 10.5 Å². The van der Waals surface area contributed by atoms with Gasteiger partial charge in [-0.2, -0.15) is 0 Å². The highest BCUT2D eigenvalue weighted by Crippen LogP contribution is 2.37. The molecule has 0 aliphatic carbocycles. The summed E-state index contributed by atoms with van der Waals surface area (Å²) in [6.07, 6.45) is 2.05. The van der Waals surface area contributed by atoms with Gasteiger partial charge in [-0.15, -0.1) is 11.8 Å². The van der Waals surface area contributed by atoms with Gasteiger partial charge in [0.15, 0.2) is 0 Å². The molecule has 0 saturated carbocycles. The van der Waals surface area contributed by atoms with Gasteiger partial charge < -0.3 is 10.5 Å². The SMILES string of the molecule is COc1c(Br)cc(Cl)cc1C(N)c1ccc(SC)cc1. The lowest BCUT2D eigenvalue weighted by Gasteiger charge is -2.18. The Labute approximate surface area is 136 Å². The molecule has 0 aromatic heterocycles. The lowest BCUT2D eigenvalue weighted by Crippen LogP contribution is -2.13. The number of halogens is 2. The van der Waals surface area contributed by atoms with Crippen molar-refractivity contribution in [2.75, 3.05) is 13.4 Å². The van der Waals surface area contributed by atoms with Gasteiger partial charge in [0.05, 0.1) is 17.6 Å². The number of rotatable bonds is 4. The minimum Gasteiger partial charge on any atom is -0.495 e. The van der Waals surface area contributed by atoms with Crippen LogP contribution in [-0.4, -0.2) is 13.4 Å². The van der Waals surface area contributed by atoms with E-state index in [1.54, 1.807) is 24.9 Å². The molecule has 0 fully saturated rings. The Morgan fingerprint density at radius 3 is 2.45 bits per heavy atom. The Balaban J connectivity index is 2.43. The summed E-state index contributed by atoms with van der Waals surface area (Å²) in [6, 6.07) is 11.6. The third kappa shape index (κ3) is 3.31. The second kappa shape index (κ2) is 6.85. The minimum atomic E-state index is -0.282. The van der Waals surface area contributed by atoms with Crippen molar-refractivity contribution in [1.82, 2.24) is 0 Å². The number of benzene rings is 2. The average Bonchev–Trinajstić information content (AvgIpc) is 2.46. The van der Waals surface area contributed by atoms with Gasteiger partial charge in [0.25, 0.3) is 0 Å². The average molecular weight is 373 g/mol. The summed E-state index contributed by atoms with van der Waals surface area (Å²) in [5.41, 5.74) is 8.24. The van der Waals surface area contributed by atoms with E-state index in [2.05, 4.69) is 28.1 Å². The van der Waals surface area contributed by atoms with Crippen LogP contribution in [0, 0.1) is 0 Å². The Hall–Kier alpha value is -0.680. The van der Waals surface area contributed by atoms with E-state index in [4.69, 9.17) is 22.1 Å². The van der Waals surface area contributed by atoms with Crippen LogP contribution >= 0.6 is 39.3 Å². The number of ether oxygens (including phenoxy) is 1. The maximum atomic E-state index is 6.36. The summed E-state index contributed by atoms with van der Waals surface area (Å²) in [5.74, 6) is 0.718. The van der Waals surface area contributed by atoms with Gasteiger partial charge in [-0.05, 0) is 52.0 Å². The van der Waals surface area contributed by atoms with E-state index in [0.717, 1.165) is 21.3 Å². The molecule has 0 aliphatic rings. The Morgan fingerprint density at radius 1 is 1.25 bits per heavy atom. The second-order valence-electron chi connectivity index (χ2n) is 4.26. The van der Waals surface area contributed by atoms with E-state index in [1.165, 1.54) is 4.90 Å². The molecule has 0 bridgehead atoms. The Morgan fingerprint density at radius 2 is 1.90 bits per heavy atom. The molecule has 2 aromatic carbocycles. The molecule has 0 saturated heterocycles. The molecular formula is C15H15BrClNOS. The van der Waals surface area contributed by atoms with Gasteiger partial charge in [0.2, 0.25) is 0 Å². The lowest BCUT2D eigenvalue weighted by molar-refractivity contribution is 0.405. The second-order valence-corrected chi connectivity index (χ2v) is 6.43. The van der Waals surface area contributed by atoms with E-state index in [-0.39, 0.29) is 6.04 Å². The summed E-state index contributed by atoms with van der Waals surface area (Å²) in [4.78, 5) is 1.21. The van der Waals surface area contributed by atoms with Gasteiger partial charge in [-0.3, -0.25) is 0 Å². The smallest absolute Gasteiger partial charge is 0.138 e. The van der Waals surface area contributed by atoms with Crippen LogP contribution in [0.25, 0.3) is 0 Å². The van der Waals surface area contributed by atoms with E-state index in [0.29, 0.717) is 5.02 Å². The maximum Gasteiger partial charge on any atom is 0.138 e. The molecular weight excluding hydrogens is 358 g/mol. The van der Waals surface area contributed by atoms with Crippen LogP contribution in [-0.2, 0) is 0 Å². The largest absolute Gasteiger partial charge is 0.495 e. The van der Waals surface area contributed by atoms with Crippen molar-refractivity contribution in [2.45, 2.75) is 10.9 Å². The first-order chi connectivity index (χ1) is 9.56. The Bertz CT molecular complexity index is 604. The molecule has 106 valence electrons. The number of methoxy groups -OCH3 is 1. The highest BCUT2D eigenvalue weighted by Gasteiger charge is 2.17. The molecule has 1 unspecified atom stereocenters. The van der Waals surface area contributed by atoms with Crippen LogP contribution in [0.15, 0.2) is 45.8 Å². The van der Waals surface area contributed by atoms with Crippen molar-refractivity contribution in [3.05, 3.63) is 57.0 Å². The summed E-state index contributed by atoms with van der Waals surface area (Å²) < 4.78 is 6.23. The quantitative estimate of drug-likeness (QED) is 0.777. The van der Waals surface area contributed by atoms with Crippen molar-refractivity contribution >= 4 is 39.3 Å². The zero-order chi connectivity index (χ0) is 14.7. The summed E-state index contributed by atoms with van der Waals surface area (Å²) >= 11 is 11.3. The predicted octanol–water partition coefficient (Wildman–Crippen LogP) is 4.88. The number of nitrogens with two attached hydrogens (primary N) is 1. The van der Waals surface area contributed by atoms with Crippen molar-refractivity contribution in [1.29, 1.82) is 0 Å². The van der Waals surface area contributed by atoms with Crippen LogP contribution in [0.4, 0.5) is 0 Å². The molecule has 20 heavy (non-hydrogen) atoms. The van der Waals surface area contributed by atoms with E-state index < -0.39 is 0 Å². The molecule has 2 aromatic rings. The van der Waals surface area contributed by atoms with E-state index >= 15 is 0 Å². The van der Waals surface area contributed by atoms with Gasteiger partial charge >= 0.3 is 0 Å². The molecule has 2 nitrogen and oxygen atoms in total. The van der Waals surface area contributed by atoms with Gasteiger partial charge in [0, 0.05) is 15.5 Å². The topological polar surface area (TPSA) is 35.2 Å². The summed E-state index contributed by atoms with van der Waals surface area (Å²) in [7, 11) is 1.63. The molecule has 0 spiro atoms. The number of thioether (sulfide) groups is 1. The molecule has 2 N–H and O–H groups in total. The van der Waals surface area contributed by atoms with Crippen LogP contribution in [0.5, 0.6) is 5.75 Å². The maximum absolute atomic E-state index is 6.36. The zero-order valence-corrected chi connectivity index (χ0v) is 14.3. The minimum absolute atomic E-state index is 0.282. The lowest BCUT2D eigenvalue weighted by atomic mass is 9.99. The molecule has 0 aliphatic heterocycles. The molecule has 1 atom stereocenters. The molecule has 2 rings (SSSR count). The monoisotopic (exact) mass is 371 g/mol. The molecule has 0 heterocycles. The van der Waals surface area contributed by atoms with Crippen molar-refractivity contribution in [2.24, 2.45) is 5.73 Å². The third-order valence-corrected chi connectivity index (χ3v) is 4.60. The number of hydrogen-bond acceptors (Lipinski definition) is 3. The first-order valence-corrected chi connectivity index (χ1v) is 8.39. The Kier molecular flexibility index (Phi) is 5.38. The zero-order valence-electron chi connectivity index (χ0n) is 11.2. The summed E-state index contributed by atoms with van der Waals surface area (Å²) in [5, 5.41) is 0.629. The molecule has 5 heteroatoms. The first-order valence-electron chi connectivity index (χ1n) is 5.99. The first kappa shape index (κ1) is 15.7. The fourth-order valence-electron chi connectivity index (χ4n) is 2.02. The molecule has 0 radical (unpaired) electrons. The van der Waals surface area contributed by atoms with Gasteiger partial charge in [-0.1, -0.05) is 23.7 Å². The number of hydrogen-bond donors (Lipinski definition) is 1. The fraction of sp³-hybridized carbons (Fsp3) is 0.200. The summed E-state index contributed by atoms with van der Waals surface area (Å²) in [6.45, 7) is 0. The third-order valence-electron chi connectivity index (χ3n) is 3.05.